The first-order valence-corrected chi connectivity index (χ1v) is 4.32. The molecule has 2 nitrogen and oxygen atoms in total. The summed E-state index contributed by atoms with van der Waals surface area (Å²) in [6, 6.07) is 2.09. The quantitative estimate of drug-likeness (QED) is 0.836. The summed E-state index contributed by atoms with van der Waals surface area (Å²) in [4.78, 5) is 0. The minimum Gasteiger partial charge on any atom is -0.491 e. The first kappa shape index (κ1) is 10.4. The molecule has 0 aliphatic heterocycles. The van der Waals surface area contributed by atoms with Gasteiger partial charge in [0.15, 0.2) is 0 Å². The van der Waals surface area contributed by atoms with E-state index in [0.717, 1.165) is 12.1 Å². The molecule has 0 heterocycles. The summed E-state index contributed by atoms with van der Waals surface area (Å²) in [5, 5.41) is 8.40. The Hall–Kier alpha value is -0.680. The summed E-state index contributed by atoms with van der Waals surface area (Å²) in [5.74, 6) is -1.40. The summed E-state index contributed by atoms with van der Waals surface area (Å²) in [6.45, 7) is -0.181. The minimum atomic E-state index is -0.729. The molecule has 1 N–H and O–H groups in total. The van der Waals surface area contributed by atoms with E-state index in [1.807, 2.05) is 0 Å². The van der Waals surface area contributed by atoms with Crippen LogP contribution in [-0.4, -0.2) is 18.3 Å². The molecule has 0 aliphatic rings. The molecule has 0 fully saturated rings. The highest BCUT2D eigenvalue weighted by molar-refractivity contribution is 9.10. The average Bonchev–Trinajstić information content (AvgIpc) is 2.10. The minimum absolute atomic E-state index is 0.0144. The molecule has 13 heavy (non-hydrogen) atoms. The van der Waals surface area contributed by atoms with Crippen molar-refractivity contribution < 1.29 is 18.6 Å². The number of aliphatic hydroxyl groups excluding tert-OH is 1. The van der Waals surface area contributed by atoms with Gasteiger partial charge in [0, 0.05) is 12.1 Å². The normalized spacial score (nSPS) is 10.2. The summed E-state index contributed by atoms with van der Waals surface area (Å²) in [5.41, 5.74) is 0. The summed E-state index contributed by atoms with van der Waals surface area (Å²) < 4.78 is 30.3. The summed E-state index contributed by atoms with van der Waals surface area (Å²) in [7, 11) is 0. The molecule has 0 unspecified atom stereocenters. The van der Waals surface area contributed by atoms with Crippen molar-refractivity contribution in [2.24, 2.45) is 0 Å². The van der Waals surface area contributed by atoms with Crippen LogP contribution in [0.5, 0.6) is 5.75 Å². The van der Waals surface area contributed by atoms with Crippen molar-refractivity contribution in [1.82, 2.24) is 0 Å². The molecule has 0 spiro atoms. The fraction of sp³-hybridized carbons (Fsp3) is 0.250. The van der Waals surface area contributed by atoms with E-state index in [1.165, 1.54) is 0 Å². The lowest BCUT2D eigenvalue weighted by atomic mass is 10.3. The molecule has 0 atom stereocenters. The number of rotatable bonds is 3. The van der Waals surface area contributed by atoms with Crippen molar-refractivity contribution in [1.29, 1.82) is 0 Å². The number of benzene rings is 1. The predicted octanol–water partition coefficient (Wildman–Crippen LogP) is 2.10. The van der Waals surface area contributed by atoms with E-state index in [2.05, 4.69) is 15.9 Å². The van der Waals surface area contributed by atoms with Gasteiger partial charge < -0.3 is 9.84 Å². The average molecular weight is 253 g/mol. The van der Waals surface area contributed by atoms with Gasteiger partial charge in [0.1, 0.15) is 24.0 Å². The zero-order chi connectivity index (χ0) is 9.84. The highest BCUT2D eigenvalue weighted by Gasteiger charge is 2.08. The number of halogens is 3. The standard InChI is InChI=1S/C8H7BrF2O2/c9-8-6(10)3-5(4-7(8)11)13-2-1-12/h3-4,12H,1-2H2. The van der Waals surface area contributed by atoms with Crippen molar-refractivity contribution in [2.45, 2.75) is 0 Å². The summed E-state index contributed by atoms with van der Waals surface area (Å²) in [6.07, 6.45) is 0. The molecule has 1 rings (SSSR count). The van der Waals surface area contributed by atoms with Crippen LogP contribution in [0.15, 0.2) is 16.6 Å². The molecule has 0 aliphatic carbocycles. The first-order chi connectivity index (χ1) is 6.15. The van der Waals surface area contributed by atoms with E-state index in [1.54, 1.807) is 0 Å². The van der Waals surface area contributed by atoms with Crippen LogP contribution < -0.4 is 4.74 Å². The van der Waals surface area contributed by atoms with Crippen LogP contribution in [0.25, 0.3) is 0 Å². The lowest BCUT2D eigenvalue weighted by Gasteiger charge is -2.05. The van der Waals surface area contributed by atoms with Gasteiger partial charge in [-0.3, -0.25) is 0 Å². The molecule has 0 aromatic heterocycles. The fourth-order valence-corrected chi connectivity index (χ4v) is 1.01. The molecule has 0 amide bonds. The van der Waals surface area contributed by atoms with Crippen molar-refractivity contribution in [3.63, 3.8) is 0 Å². The molecule has 1 aromatic rings. The Labute approximate surface area is 82.3 Å². The lowest BCUT2D eigenvalue weighted by Crippen LogP contribution is -2.02. The topological polar surface area (TPSA) is 29.5 Å². The Bertz CT molecular complexity index is 281. The van der Waals surface area contributed by atoms with Gasteiger partial charge in [-0.1, -0.05) is 0 Å². The van der Waals surface area contributed by atoms with E-state index >= 15 is 0 Å². The lowest BCUT2D eigenvalue weighted by molar-refractivity contribution is 0.200. The second-order valence-electron chi connectivity index (χ2n) is 2.27. The van der Waals surface area contributed by atoms with E-state index in [-0.39, 0.29) is 23.4 Å². The Morgan fingerprint density at radius 1 is 1.31 bits per heavy atom. The van der Waals surface area contributed by atoms with Crippen LogP contribution in [0, 0.1) is 11.6 Å². The molecule has 0 saturated heterocycles. The highest BCUT2D eigenvalue weighted by atomic mass is 79.9. The number of hydrogen-bond donors (Lipinski definition) is 1. The van der Waals surface area contributed by atoms with Crippen molar-refractivity contribution >= 4 is 15.9 Å². The van der Waals surface area contributed by atoms with Gasteiger partial charge >= 0.3 is 0 Å². The van der Waals surface area contributed by atoms with E-state index in [0.29, 0.717) is 0 Å². The molecular formula is C8H7BrF2O2. The van der Waals surface area contributed by atoms with Gasteiger partial charge in [0.05, 0.1) is 11.1 Å². The van der Waals surface area contributed by atoms with E-state index in [4.69, 9.17) is 9.84 Å². The SMILES string of the molecule is OCCOc1cc(F)c(Br)c(F)c1. The molecule has 0 bridgehead atoms. The predicted molar refractivity (Wildman–Crippen MR) is 46.6 cm³/mol. The van der Waals surface area contributed by atoms with Crippen LogP contribution in [-0.2, 0) is 0 Å². The Morgan fingerprint density at radius 2 is 1.85 bits per heavy atom. The second-order valence-corrected chi connectivity index (χ2v) is 3.07. The third kappa shape index (κ3) is 2.63. The Balaban J connectivity index is 2.86. The number of aliphatic hydroxyl groups is 1. The smallest absolute Gasteiger partial charge is 0.144 e. The van der Waals surface area contributed by atoms with Crippen molar-refractivity contribution in [2.75, 3.05) is 13.2 Å². The van der Waals surface area contributed by atoms with Gasteiger partial charge in [-0.25, -0.2) is 8.78 Å². The van der Waals surface area contributed by atoms with E-state index in [9.17, 15) is 8.78 Å². The van der Waals surface area contributed by atoms with Crippen LogP contribution >= 0.6 is 15.9 Å². The zero-order valence-corrected chi connectivity index (χ0v) is 8.14. The van der Waals surface area contributed by atoms with Crippen LogP contribution in [0.4, 0.5) is 8.78 Å². The molecule has 5 heteroatoms. The van der Waals surface area contributed by atoms with Gasteiger partial charge in [0.2, 0.25) is 0 Å². The first-order valence-electron chi connectivity index (χ1n) is 3.53. The molecule has 0 saturated carbocycles. The maximum absolute atomic E-state index is 12.8. The second kappa shape index (κ2) is 4.53. The van der Waals surface area contributed by atoms with Gasteiger partial charge in [0.25, 0.3) is 0 Å². The third-order valence-corrected chi connectivity index (χ3v) is 2.07. The van der Waals surface area contributed by atoms with E-state index < -0.39 is 11.6 Å². The largest absolute Gasteiger partial charge is 0.491 e. The van der Waals surface area contributed by atoms with Crippen LogP contribution in [0.1, 0.15) is 0 Å². The Kier molecular flexibility index (Phi) is 3.62. The fourth-order valence-electron chi connectivity index (χ4n) is 0.779. The highest BCUT2D eigenvalue weighted by Crippen LogP contribution is 2.24. The third-order valence-electron chi connectivity index (χ3n) is 1.32. The Morgan fingerprint density at radius 3 is 2.31 bits per heavy atom. The summed E-state index contributed by atoms with van der Waals surface area (Å²) >= 11 is 2.73. The van der Waals surface area contributed by atoms with Gasteiger partial charge in [-0.2, -0.15) is 0 Å². The van der Waals surface area contributed by atoms with Crippen molar-refractivity contribution in [3.05, 3.63) is 28.2 Å². The van der Waals surface area contributed by atoms with Gasteiger partial charge in [-0.15, -0.1) is 0 Å². The molecule has 1 aromatic carbocycles. The van der Waals surface area contributed by atoms with Gasteiger partial charge in [-0.05, 0) is 15.9 Å². The monoisotopic (exact) mass is 252 g/mol. The number of ether oxygens (including phenoxy) is 1. The maximum atomic E-state index is 12.8. The van der Waals surface area contributed by atoms with Crippen LogP contribution in [0.2, 0.25) is 0 Å². The molecule has 72 valence electrons. The molecule has 0 radical (unpaired) electrons. The zero-order valence-electron chi connectivity index (χ0n) is 6.56. The maximum Gasteiger partial charge on any atom is 0.144 e. The van der Waals surface area contributed by atoms with Crippen LogP contribution in [0.3, 0.4) is 0 Å². The molecular weight excluding hydrogens is 246 g/mol. The number of hydrogen-bond acceptors (Lipinski definition) is 2. The van der Waals surface area contributed by atoms with Crippen molar-refractivity contribution in [3.8, 4) is 5.75 Å².